The van der Waals surface area contributed by atoms with Crippen LogP contribution in [0.2, 0.25) is 10.0 Å². The van der Waals surface area contributed by atoms with Crippen molar-refractivity contribution in [2.24, 2.45) is 11.1 Å². The number of benzene rings is 1. The van der Waals surface area contributed by atoms with E-state index in [2.05, 4.69) is 6.07 Å². The summed E-state index contributed by atoms with van der Waals surface area (Å²) in [6.07, 6.45) is 0.926. The highest BCUT2D eigenvalue weighted by molar-refractivity contribution is 6.42. The Kier molecular flexibility index (Phi) is 4.72. The molecule has 0 radical (unpaired) electrons. The van der Waals surface area contributed by atoms with E-state index in [1.807, 2.05) is 13.8 Å². The van der Waals surface area contributed by atoms with Gasteiger partial charge in [0.2, 0.25) is 5.88 Å². The maximum atomic E-state index is 13.0. The Morgan fingerprint density at radius 3 is 2.62 bits per heavy atom. The molecule has 2 N–H and O–H groups in total. The molecule has 1 atom stereocenters. The largest absolute Gasteiger partial charge is 0.460 e. The minimum atomic E-state index is -0.691. The number of carbonyl (C=O) groups excluding carboxylic acids is 1. The van der Waals surface area contributed by atoms with Crippen molar-refractivity contribution in [3.05, 3.63) is 68.9 Å². The Hall–Kier alpha value is -2.68. The summed E-state index contributed by atoms with van der Waals surface area (Å²) in [4.78, 5) is 13.0. The summed E-state index contributed by atoms with van der Waals surface area (Å²) in [5, 5.41) is 10.5. The first-order chi connectivity index (χ1) is 13.7. The molecule has 1 aliphatic heterocycles. The van der Waals surface area contributed by atoms with Gasteiger partial charge in [0.1, 0.15) is 28.9 Å². The van der Waals surface area contributed by atoms with Gasteiger partial charge in [0.25, 0.3) is 0 Å². The zero-order chi connectivity index (χ0) is 20.9. The first kappa shape index (κ1) is 19.6. The van der Waals surface area contributed by atoms with E-state index in [0.29, 0.717) is 45.7 Å². The standard InChI is InChI=1S/C22H18Cl2N2O3/c1-22(2)8-15(27)20-18(9-22)29-21(26)12(10-25)19(20)17-6-5-16(28-17)11-3-4-13(23)14(24)7-11/h3-7,19H,8-9,26H2,1-2H3/t19-/m0/s1. The van der Waals surface area contributed by atoms with Crippen LogP contribution in [0.3, 0.4) is 0 Å². The monoisotopic (exact) mass is 428 g/mol. The fraction of sp³-hybridized carbons (Fsp3) is 0.273. The molecule has 0 saturated heterocycles. The Labute approximate surface area is 178 Å². The summed E-state index contributed by atoms with van der Waals surface area (Å²) in [7, 11) is 0. The molecule has 0 saturated carbocycles. The predicted octanol–water partition coefficient (Wildman–Crippen LogP) is 5.70. The number of nitriles is 1. The van der Waals surface area contributed by atoms with Crippen LogP contribution in [0.25, 0.3) is 11.3 Å². The highest BCUT2D eigenvalue weighted by atomic mass is 35.5. The van der Waals surface area contributed by atoms with Gasteiger partial charge < -0.3 is 14.9 Å². The zero-order valence-corrected chi connectivity index (χ0v) is 17.4. The summed E-state index contributed by atoms with van der Waals surface area (Å²) >= 11 is 12.1. The fourth-order valence-electron chi connectivity index (χ4n) is 3.88. The predicted molar refractivity (Wildman–Crippen MR) is 110 cm³/mol. The molecule has 148 valence electrons. The molecule has 7 heteroatoms. The second kappa shape index (κ2) is 6.98. The van der Waals surface area contributed by atoms with Crippen LogP contribution in [0.5, 0.6) is 0 Å². The minimum absolute atomic E-state index is 0.00855. The summed E-state index contributed by atoms with van der Waals surface area (Å²) in [6, 6.07) is 10.8. The van der Waals surface area contributed by atoms with E-state index in [-0.39, 0.29) is 22.7 Å². The third-order valence-electron chi connectivity index (χ3n) is 5.19. The lowest BCUT2D eigenvalue weighted by molar-refractivity contribution is -0.119. The van der Waals surface area contributed by atoms with Gasteiger partial charge in [0, 0.05) is 24.0 Å². The smallest absolute Gasteiger partial charge is 0.205 e. The number of hydrogen-bond acceptors (Lipinski definition) is 5. The van der Waals surface area contributed by atoms with Gasteiger partial charge in [-0.2, -0.15) is 5.26 Å². The Morgan fingerprint density at radius 1 is 1.17 bits per heavy atom. The number of nitrogens with zero attached hydrogens (tertiary/aromatic N) is 1. The number of ketones is 1. The number of rotatable bonds is 2. The summed E-state index contributed by atoms with van der Waals surface area (Å²) < 4.78 is 11.7. The van der Waals surface area contributed by atoms with Crippen molar-refractivity contribution in [1.82, 2.24) is 0 Å². The first-order valence-corrected chi connectivity index (χ1v) is 9.85. The van der Waals surface area contributed by atoms with E-state index >= 15 is 0 Å². The van der Waals surface area contributed by atoms with Gasteiger partial charge in [-0.3, -0.25) is 4.79 Å². The van der Waals surface area contributed by atoms with E-state index in [4.69, 9.17) is 38.1 Å². The van der Waals surface area contributed by atoms with Gasteiger partial charge in [0.05, 0.1) is 16.0 Å². The van der Waals surface area contributed by atoms with E-state index in [0.717, 1.165) is 5.56 Å². The van der Waals surface area contributed by atoms with Crippen molar-refractivity contribution < 1.29 is 13.9 Å². The average molecular weight is 429 g/mol. The van der Waals surface area contributed by atoms with Crippen LogP contribution in [0.15, 0.2) is 57.5 Å². The van der Waals surface area contributed by atoms with Gasteiger partial charge >= 0.3 is 0 Å². The lowest BCUT2D eigenvalue weighted by Crippen LogP contribution is -2.33. The van der Waals surface area contributed by atoms with Crippen molar-refractivity contribution >= 4 is 29.0 Å². The molecule has 29 heavy (non-hydrogen) atoms. The quantitative estimate of drug-likeness (QED) is 0.661. The molecule has 2 aliphatic rings. The van der Waals surface area contributed by atoms with E-state index in [1.165, 1.54) is 0 Å². The number of carbonyl (C=O) groups is 1. The number of hydrogen-bond donors (Lipinski definition) is 1. The maximum absolute atomic E-state index is 13.0. The molecule has 2 heterocycles. The lowest BCUT2D eigenvalue weighted by atomic mass is 9.71. The molecule has 0 bridgehead atoms. The molecule has 4 rings (SSSR count). The second-order valence-electron chi connectivity index (χ2n) is 8.03. The number of Topliss-reactive ketones (excluding diaryl/α,β-unsaturated/α-hetero) is 1. The van der Waals surface area contributed by atoms with Crippen LogP contribution >= 0.6 is 23.2 Å². The Morgan fingerprint density at radius 2 is 1.93 bits per heavy atom. The van der Waals surface area contributed by atoms with Crippen molar-refractivity contribution in [3.63, 3.8) is 0 Å². The summed E-state index contributed by atoms with van der Waals surface area (Å²) in [5.41, 5.74) is 7.15. The van der Waals surface area contributed by atoms with Crippen LogP contribution in [0.4, 0.5) is 0 Å². The van der Waals surface area contributed by atoms with Crippen LogP contribution in [0, 0.1) is 16.7 Å². The molecule has 1 aliphatic carbocycles. The maximum Gasteiger partial charge on any atom is 0.205 e. The number of allylic oxidation sites excluding steroid dienone is 3. The fourth-order valence-corrected chi connectivity index (χ4v) is 4.18. The Balaban J connectivity index is 1.81. The molecular formula is C22H18Cl2N2O3. The third-order valence-corrected chi connectivity index (χ3v) is 5.93. The molecular weight excluding hydrogens is 411 g/mol. The van der Waals surface area contributed by atoms with Crippen molar-refractivity contribution in [2.75, 3.05) is 0 Å². The average Bonchev–Trinajstić information content (AvgIpc) is 3.11. The summed E-state index contributed by atoms with van der Waals surface area (Å²) in [6.45, 7) is 4.00. The number of nitrogens with two attached hydrogens (primary N) is 1. The summed E-state index contributed by atoms with van der Waals surface area (Å²) in [5.74, 6) is 0.772. The van der Waals surface area contributed by atoms with Crippen molar-refractivity contribution in [3.8, 4) is 17.4 Å². The molecule has 1 aromatic carbocycles. The Bertz CT molecular complexity index is 1140. The molecule has 5 nitrogen and oxygen atoms in total. The molecule has 2 aromatic rings. The zero-order valence-electron chi connectivity index (χ0n) is 15.9. The topological polar surface area (TPSA) is 89.2 Å². The third kappa shape index (κ3) is 3.43. The molecule has 0 fully saturated rings. The highest BCUT2D eigenvalue weighted by Crippen LogP contribution is 2.48. The van der Waals surface area contributed by atoms with Crippen LogP contribution in [-0.4, -0.2) is 5.78 Å². The van der Waals surface area contributed by atoms with E-state index < -0.39 is 5.92 Å². The van der Waals surface area contributed by atoms with Crippen molar-refractivity contribution in [1.29, 1.82) is 5.26 Å². The van der Waals surface area contributed by atoms with Gasteiger partial charge in [-0.05, 0) is 35.7 Å². The van der Waals surface area contributed by atoms with Gasteiger partial charge in [-0.25, -0.2) is 0 Å². The minimum Gasteiger partial charge on any atom is -0.460 e. The van der Waals surface area contributed by atoms with Gasteiger partial charge in [0.15, 0.2) is 5.78 Å². The van der Waals surface area contributed by atoms with E-state index in [9.17, 15) is 10.1 Å². The number of halogens is 2. The van der Waals surface area contributed by atoms with Gasteiger partial charge in [-0.1, -0.05) is 37.0 Å². The van der Waals surface area contributed by atoms with E-state index in [1.54, 1.807) is 30.3 Å². The highest BCUT2D eigenvalue weighted by Gasteiger charge is 2.44. The number of furan rings is 1. The molecule has 0 spiro atoms. The second-order valence-corrected chi connectivity index (χ2v) is 8.85. The normalized spacial score (nSPS) is 20.9. The lowest BCUT2D eigenvalue weighted by Gasteiger charge is -2.36. The van der Waals surface area contributed by atoms with Gasteiger partial charge in [-0.15, -0.1) is 0 Å². The van der Waals surface area contributed by atoms with Crippen LogP contribution < -0.4 is 5.73 Å². The first-order valence-electron chi connectivity index (χ1n) is 9.09. The van der Waals surface area contributed by atoms with Crippen molar-refractivity contribution in [2.45, 2.75) is 32.6 Å². The molecule has 0 amide bonds. The van der Waals surface area contributed by atoms with Crippen LogP contribution in [-0.2, 0) is 9.53 Å². The van der Waals surface area contributed by atoms with Crippen LogP contribution in [0.1, 0.15) is 38.4 Å². The number of ether oxygens (including phenoxy) is 1. The molecule has 1 aromatic heterocycles. The SMILES string of the molecule is CC1(C)CC(=O)C2=C(C1)OC(N)=C(C#N)[C@H]2c1ccc(-c2ccc(Cl)c(Cl)c2)o1. The molecule has 0 unspecified atom stereocenters.